The molecular formula is C14H16ClNO2. The number of halogens is 1. The molecule has 1 aromatic rings. The number of anilines is 1. The third-order valence-electron chi connectivity index (χ3n) is 4.11. The Morgan fingerprint density at radius 1 is 1.28 bits per heavy atom. The first kappa shape index (κ1) is 12.0. The number of fused-ring (bicyclic) bond motifs is 2. The Labute approximate surface area is 111 Å². The molecule has 2 aliphatic rings. The number of aldehydes is 1. The lowest BCUT2D eigenvalue weighted by molar-refractivity contribution is 0.112. The molecule has 2 bridgehead atoms. The summed E-state index contributed by atoms with van der Waals surface area (Å²) in [7, 11) is 0. The van der Waals surface area contributed by atoms with Crippen molar-refractivity contribution in [2.75, 3.05) is 4.90 Å². The normalized spacial score (nSPS) is 30.6. The van der Waals surface area contributed by atoms with E-state index in [1.165, 1.54) is 0 Å². The highest BCUT2D eigenvalue weighted by molar-refractivity contribution is 6.31. The third kappa shape index (κ3) is 1.91. The zero-order valence-corrected chi connectivity index (χ0v) is 10.8. The second-order valence-electron chi connectivity index (χ2n) is 5.24. The van der Waals surface area contributed by atoms with E-state index in [0.29, 0.717) is 22.7 Å². The van der Waals surface area contributed by atoms with Crippen molar-refractivity contribution in [1.82, 2.24) is 0 Å². The van der Waals surface area contributed by atoms with Gasteiger partial charge >= 0.3 is 0 Å². The third-order valence-corrected chi connectivity index (χ3v) is 4.34. The molecule has 0 spiro atoms. The zero-order chi connectivity index (χ0) is 12.7. The molecule has 2 unspecified atom stereocenters. The van der Waals surface area contributed by atoms with Crippen molar-refractivity contribution in [2.24, 2.45) is 0 Å². The molecular weight excluding hydrogens is 250 g/mol. The van der Waals surface area contributed by atoms with Crippen molar-refractivity contribution in [1.29, 1.82) is 0 Å². The van der Waals surface area contributed by atoms with Crippen molar-refractivity contribution >= 4 is 23.6 Å². The van der Waals surface area contributed by atoms with Gasteiger partial charge in [-0.1, -0.05) is 11.6 Å². The SMILES string of the molecule is O=Cc1ccc(Cl)cc1N1C2CCC1CC(O)C2. The van der Waals surface area contributed by atoms with E-state index in [0.717, 1.165) is 37.7 Å². The summed E-state index contributed by atoms with van der Waals surface area (Å²) in [6.45, 7) is 0. The summed E-state index contributed by atoms with van der Waals surface area (Å²) < 4.78 is 0. The minimum atomic E-state index is -0.197. The molecule has 1 aromatic carbocycles. The molecule has 4 heteroatoms. The van der Waals surface area contributed by atoms with Gasteiger partial charge in [-0.15, -0.1) is 0 Å². The van der Waals surface area contributed by atoms with Crippen LogP contribution in [-0.2, 0) is 0 Å². The molecule has 1 N–H and O–H groups in total. The molecule has 2 saturated heterocycles. The highest BCUT2D eigenvalue weighted by atomic mass is 35.5. The molecule has 0 saturated carbocycles. The minimum absolute atomic E-state index is 0.197. The Morgan fingerprint density at radius 2 is 1.94 bits per heavy atom. The van der Waals surface area contributed by atoms with Crippen molar-refractivity contribution in [3.63, 3.8) is 0 Å². The topological polar surface area (TPSA) is 40.5 Å². The summed E-state index contributed by atoms with van der Waals surface area (Å²) in [6, 6.07) is 6.07. The molecule has 0 aliphatic carbocycles. The fourth-order valence-corrected chi connectivity index (χ4v) is 3.55. The van der Waals surface area contributed by atoms with E-state index in [4.69, 9.17) is 11.6 Å². The number of hydrogen-bond acceptors (Lipinski definition) is 3. The van der Waals surface area contributed by atoms with Gasteiger partial charge in [-0.05, 0) is 43.9 Å². The van der Waals surface area contributed by atoms with Crippen LogP contribution >= 0.6 is 11.6 Å². The lowest BCUT2D eigenvalue weighted by atomic mass is 9.98. The van der Waals surface area contributed by atoms with Gasteiger partial charge in [0.2, 0.25) is 0 Å². The van der Waals surface area contributed by atoms with Gasteiger partial charge in [0, 0.05) is 28.4 Å². The van der Waals surface area contributed by atoms with Crippen molar-refractivity contribution in [3.05, 3.63) is 28.8 Å². The molecule has 0 aromatic heterocycles. The summed E-state index contributed by atoms with van der Waals surface area (Å²) in [5.74, 6) is 0. The van der Waals surface area contributed by atoms with Gasteiger partial charge in [0.1, 0.15) is 0 Å². The number of rotatable bonds is 2. The first-order chi connectivity index (χ1) is 8.69. The molecule has 2 fully saturated rings. The van der Waals surface area contributed by atoms with Crippen LogP contribution in [0.2, 0.25) is 5.02 Å². The summed E-state index contributed by atoms with van der Waals surface area (Å²) >= 11 is 6.05. The second kappa shape index (κ2) is 4.56. The second-order valence-corrected chi connectivity index (χ2v) is 5.67. The summed E-state index contributed by atoms with van der Waals surface area (Å²) in [5, 5.41) is 10.5. The van der Waals surface area contributed by atoms with Crippen molar-refractivity contribution in [2.45, 2.75) is 43.9 Å². The van der Waals surface area contributed by atoms with Crippen molar-refractivity contribution in [3.8, 4) is 0 Å². The molecule has 18 heavy (non-hydrogen) atoms. The standard InChI is InChI=1S/C14H16ClNO2/c15-10-2-1-9(8-17)14(5-10)16-11-3-4-12(16)7-13(18)6-11/h1-2,5,8,11-13,18H,3-4,6-7H2. The van der Waals surface area contributed by atoms with Crippen LogP contribution in [0.25, 0.3) is 0 Å². The lowest BCUT2D eigenvalue weighted by Gasteiger charge is -2.39. The molecule has 2 atom stereocenters. The Kier molecular flexibility index (Phi) is 3.04. The molecule has 0 radical (unpaired) electrons. The minimum Gasteiger partial charge on any atom is -0.393 e. The van der Waals surface area contributed by atoms with E-state index >= 15 is 0 Å². The van der Waals surface area contributed by atoms with Crippen LogP contribution in [0.3, 0.4) is 0 Å². The number of nitrogens with zero attached hydrogens (tertiary/aromatic N) is 1. The quantitative estimate of drug-likeness (QED) is 0.836. The molecule has 2 aliphatic heterocycles. The first-order valence-electron chi connectivity index (χ1n) is 6.40. The van der Waals surface area contributed by atoms with E-state index in [2.05, 4.69) is 4.90 Å². The number of aliphatic hydroxyl groups excluding tert-OH is 1. The first-order valence-corrected chi connectivity index (χ1v) is 6.78. The fourth-order valence-electron chi connectivity index (χ4n) is 3.38. The van der Waals surface area contributed by atoms with Gasteiger partial charge in [-0.25, -0.2) is 0 Å². The maximum Gasteiger partial charge on any atom is 0.152 e. The maximum atomic E-state index is 11.2. The largest absolute Gasteiger partial charge is 0.393 e. The molecule has 3 nitrogen and oxygen atoms in total. The Morgan fingerprint density at radius 3 is 2.56 bits per heavy atom. The van der Waals surface area contributed by atoms with Crippen LogP contribution in [0.15, 0.2) is 18.2 Å². The lowest BCUT2D eigenvalue weighted by Crippen LogP contribution is -2.45. The maximum absolute atomic E-state index is 11.2. The number of hydrogen-bond donors (Lipinski definition) is 1. The zero-order valence-electron chi connectivity index (χ0n) is 10.1. The molecule has 3 rings (SSSR count). The van der Waals surface area contributed by atoms with Crippen LogP contribution in [0, 0.1) is 0 Å². The summed E-state index contributed by atoms with van der Waals surface area (Å²) in [4.78, 5) is 13.5. The van der Waals surface area contributed by atoms with Gasteiger partial charge in [0.15, 0.2) is 6.29 Å². The van der Waals surface area contributed by atoms with Crippen LogP contribution in [0.4, 0.5) is 5.69 Å². The predicted molar refractivity (Wildman–Crippen MR) is 71.4 cm³/mol. The number of carbonyl (C=O) groups is 1. The van der Waals surface area contributed by atoms with Crippen molar-refractivity contribution < 1.29 is 9.90 Å². The van der Waals surface area contributed by atoms with E-state index in [1.54, 1.807) is 12.1 Å². The van der Waals surface area contributed by atoms with Gasteiger partial charge in [-0.3, -0.25) is 4.79 Å². The molecule has 0 amide bonds. The predicted octanol–water partition coefficient (Wildman–Crippen LogP) is 2.64. The number of piperidine rings is 1. The van der Waals surface area contributed by atoms with Crippen LogP contribution in [0.5, 0.6) is 0 Å². The van der Waals surface area contributed by atoms with Gasteiger partial charge in [0.25, 0.3) is 0 Å². The van der Waals surface area contributed by atoms with E-state index in [9.17, 15) is 9.90 Å². The fraction of sp³-hybridized carbons (Fsp3) is 0.500. The highest BCUT2D eigenvalue weighted by Crippen LogP contribution is 2.41. The van der Waals surface area contributed by atoms with E-state index in [-0.39, 0.29) is 6.10 Å². The Bertz CT molecular complexity index is 463. The van der Waals surface area contributed by atoms with E-state index < -0.39 is 0 Å². The van der Waals surface area contributed by atoms with Crippen LogP contribution in [0.1, 0.15) is 36.0 Å². The Hall–Kier alpha value is -1.06. The van der Waals surface area contributed by atoms with Crippen LogP contribution < -0.4 is 4.90 Å². The number of carbonyl (C=O) groups excluding carboxylic acids is 1. The van der Waals surface area contributed by atoms with Gasteiger partial charge < -0.3 is 10.0 Å². The molecule has 2 heterocycles. The van der Waals surface area contributed by atoms with Gasteiger partial charge in [0.05, 0.1) is 6.10 Å². The smallest absolute Gasteiger partial charge is 0.152 e. The summed E-state index contributed by atoms with van der Waals surface area (Å²) in [6.07, 6.45) is 4.45. The highest BCUT2D eigenvalue weighted by Gasteiger charge is 2.40. The number of benzene rings is 1. The van der Waals surface area contributed by atoms with Crippen LogP contribution in [-0.4, -0.2) is 29.6 Å². The Balaban J connectivity index is 2.00. The number of aliphatic hydroxyl groups is 1. The average molecular weight is 266 g/mol. The summed E-state index contributed by atoms with van der Waals surface area (Å²) in [5.41, 5.74) is 1.62. The van der Waals surface area contributed by atoms with Gasteiger partial charge in [-0.2, -0.15) is 0 Å². The molecule has 96 valence electrons. The van der Waals surface area contributed by atoms with E-state index in [1.807, 2.05) is 6.07 Å². The average Bonchev–Trinajstić information content (AvgIpc) is 2.61. The monoisotopic (exact) mass is 265 g/mol.